The molecule has 31 heavy (non-hydrogen) atoms. The summed E-state index contributed by atoms with van der Waals surface area (Å²) in [6.07, 6.45) is 0.0772. The first-order valence-electron chi connectivity index (χ1n) is 9.90. The molecule has 2 heterocycles. The lowest BCUT2D eigenvalue weighted by Crippen LogP contribution is -2.28. The number of anilines is 1. The van der Waals surface area contributed by atoms with E-state index in [1.54, 1.807) is 30.8 Å². The Balaban J connectivity index is 1.80. The van der Waals surface area contributed by atoms with E-state index in [1.165, 1.54) is 17.0 Å². The maximum absolute atomic E-state index is 13.6. The zero-order chi connectivity index (χ0) is 22.1. The smallest absolute Gasteiger partial charge is 0.231 e. The van der Waals surface area contributed by atoms with Crippen LogP contribution in [0.1, 0.15) is 17.0 Å². The van der Waals surface area contributed by atoms with Crippen LogP contribution >= 0.6 is 0 Å². The molecule has 2 aromatic carbocycles. The third kappa shape index (κ3) is 3.99. The summed E-state index contributed by atoms with van der Waals surface area (Å²) in [6, 6.07) is 15.5. The van der Waals surface area contributed by atoms with Crippen LogP contribution < -0.4 is 9.64 Å². The zero-order valence-electron chi connectivity index (χ0n) is 17.9. The number of carbonyl (C=O) groups is 1. The molecule has 0 bridgehead atoms. The van der Waals surface area contributed by atoms with Gasteiger partial charge in [-0.2, -0.15) is 5.10 Å². The number of hydrogen-bond donors (Lipinski definition) is 0. The highest BCUT2D eigenvalue weighted by molar-refractivity contribution is 5.96. The average Bonchev–Trinajstić information content (AvgIpc) is 3.11. The second kappa shape index (κ2) is 8.18. The lowest BCUT2D eigenvalue weighted by molar-refractivity contribution is -0.117. The van der Waals surface area contributed by atoms with Gasteiger partial charge in [0.25, 0.3) is 0 Å². The largest absolute Gasteiger partial charge is 0.497 e. The van der Waals surface area contributed by atoms with E-state index in [9.17, 15) is 9.18 Å². The third-order valence-corrected chi connectivity index (χ3v) is 5.25. The lowest BCUT2D eigenvalue weighted by Gasteiger charge is -2.17. The molecule has 0 aliphatic rings. The van der Waals surface area contributed by atoms with E-state index in [1.807, 2.05) is 44.2 Å². The van der Waals surface area contributed by atoms with Gasteiger partial charge in [0.15, 0.2) is 5.65 Å². The predicted octanol–water partition coefficient (Wildman–Crippen LogP) is 4.37. The van der Waals surface area contributed by atoms with Crippen molar-refractivity contribution in [3.63, 3.8) is 0 Å². The molecule has 0 saturated heterocycles. The SMILES string of the molecule is COc1ccc(-c2nn3c(C)cc(C)nc3c2CC(=O)N(C)c2cccc(F)c2)cc1. The molecule has 0 radical (unpaired) electrons. The first kappa shape index (κ1) is 20.5. The number of methoxy groups -OCH3 is 1. The summed E-state index contributed by atoms with van der Waals surface area (Å²) in [5.74, 6) is 0.164. The minimum atomic E-state index is -0.389. The van der Waals surface area contributed by atoms with Crippen LogP contribution in [-0.2, 0) is 11.2 Å². The summed E-state index contributed by atoms with van der Waals surface area (Å²) < 4.78 is 20.7. The van der Waals surface area contributed by atoms with Crippen LogP contribution in [0.5, 0.6) is 5.75 Å². The van der Waals surface area contributed by atoms with Crippen LogP contribution in [-0.4, -0.2) is 34.7 Å². The molecule has 0 aliphatic carbocycles. The Labute approximate surface area is 179 Å². The Hall–Kier alpha value is -3.74. The number of aromatic nitrogens is 3. The van der Waals surface area contributed by atoms with Gasteiger partial charge in [0.2, 0.25) is 5.91 Å². The first-order valence-corrected chi connectivity index (χ1v) is 9.90. The van der Waals surface area contributed by atoms with Crippen molar-refractivity contribution in [2.75, 3.05) is 19.1 Å². The molecule has 0 saturated carbocycles. The number of nitrogens with zero attached hydrogens (tertiary/aromatic N) is 4. The molecular formula is C24H23FN4O2. The standard InChI is InChI=1S/C24H23FN4O2/c1-15-12-16(2)29-24(26-15)21(23(27-29)17-8-10-20(31-4)11-9-17)14-22(30)28(3)19-7-5-6-18(25)13-19/h5-13H,14H2,1-4H3. The van der Waals surface area contributed by atoms with Crippen molar-refractivity contribution in [3.8, 4) is 17.0 Å². The number of aryl methyl sites for hydroxylation is 2. The molecule has 0 N–H and O–H groups in total. The van der Waals surface area contributed by atoms with Crippen molar-refractivity contribution in [1.29, 1.82) is 0 Å². The fourth-order valence-corrected chi connectivity index (χ4v) is 3.61. The van der Waals surface area contributed by atoms with E-state index in [0.29, 0.717) is 17.0 Å². The van der Waals surface area contributed by atoms with Gasteiger partial charge >= 0.3 is 0 Å². The van der Waals surface area contributed by atoms with E-state index >= 15 is 0 Å². The molecule has 0 unspecified atom stereocenters. The quantitative estimate of drug-likeness (QED) is 0.483. The molecule has 0 fully saturated rings. The van der Waals surface area contributed by atoms with Gasteiger partial charge in [-0.15, -0.1) is 0 Å². The van der Waals surface area contributed by atoms with E-state index in [0.717, 1.165) is 28.3 Å². The van der Waals surface area contributed by atoms with E-state index in [-0.39, 0.29) is 18.1 Å². The highest BCUT2D eigenvalue weighted by Crippen LogP contribution is 2.29. The topological polar surface area (TPSA) is 59.7 Å². The van der Waals surface area contributed by atoms with Crippen LogP contribution in [0.4, 0.5) is 10.1 Å². The summed E-state index contributed by atoms with van der Waals surface area (Å²) in [7, 11) is 3.25. The van der Waals surface area contributed by atoms with Crippen LogP contribution in [0.15, 0.2) is 54.6 Å². The van der Waals surface area contributed by atoms with Crippen molar-refractivity contribution in [2.45, 2.75) is 20.3 Å². The molecule has 6 nitrogen and oxygen atoms in total. The number of ether oxygens (including phenoxy) is 1. The fourth-order valence-electron chi connectivity index (χ4n) is 3.61. The molecule has 2 aromatic heterocycles. The van der Waals surface area contributed by atoms with Crippen molar-refractivity contribution in [3.05, 3.63) is 77.4 Å². The Morgan fingerprint density at radius 1 is 1.13 bits per heavy atom. The van der Waals surface area contributed by atoms with Crippen molar-refractivity contribution in [2.24, 2.45) is 0 Å². The Morgan fingerprint density at radius 3 is 2.55 bits per heavy atom. The van der Waals surface area contributed by atoms with Gasteiger partial charge in [0.05, 0.1) is 19.2 Å². The van der Waals surface area contributed by atoms with Crippen LogP contribution in [0.3, 0.4) is 0 Å². The highest BCUT2D eigenvalue weighted by atomic mass is 19.1. The minimum Gasteiger partial charge on any atom is -0.497 e. The van der Waals surface area contributed by atoms with E-state index in [4.69, 9.17) is 9.84 Å². The number of rotatable bonds is 5. The Bertz CT molecular complexity index is 1260. The molecule has 158 valence electrons. The van der Waals surface area contributed by atoms with E-state index < -0.39 is 0 Å². The summed E-state index contributed by atoms with van der Waals surface area (Å²) >= 11 is 0. The monoisotopic (exact) mass is 418 g/mol. The van der Waals surface area contributed by atoms with Crippen molar-refractivity contribution >= 4 is 17.2 Å². The van der Waals surface area contributed by atoms with Gasteiger partial charge in [0, 0.05) is 35.2 Å². The molecular weight excluding hydrogens is 395 g/mol. The summed E-state index contributed by atoms with van der Waals surface area (Å²) in [4.78, 5) is 19.3. The maximum atomic E-state index is 13.6. The summed E-state index contributed by atoms with van der Waals surface area (Å²) in [5.41, 5.74) is 5.18. The Kier molecular flexibility index (Phi) is 5.42. The van der Waals surface area contributed by atoms with E-state index in [2.05, 4.69) is 4.98 Å². The number of amides is 1. The molecule has 4 aromatic rings. The second-order valence-corrected chi connectivity index (χ2v) is 7.44. The maximum Gasteiger partial charge on any atom is 0.231 e. The number of carbonyl (C=O) groups excluding carboxylic acids is 1. The Morgan fingerprint density at radius 2 is 1.87 bits per heavy atom. The number of fused-ring (bicyclic) bond motifs is 1. The number of hydrogen-bond acceptors (Lipinski definition) is 4. The first-order chi connectivity index (χ1) is 14.9. The highest BCUT2D eigenvalue weighted by Gasteiger charge is 2.22. The summed E-state index contributed by atoms with van der Waals surface area (Å²) in [6.45, 7) is 3.87. The number of benzene rings is 2. The molecule has 4 rings (SSSR count). The van der Waals surface area contributed by atoms with Crippen LogP contribution in [0, 0.1) is 19.7 Å². The molecule has 0 aliphatic heterocycles. The zero-order valence-corrected chi connectivity index (χ0v) is 17.9. The molecule has 1 amide bonds. The fraction of sp³-hybridized carbons (Fsp3) is 0.208. The van der Waals surface area contributed by atoms with Gasteiger partial charge in [-0.25, -0.2) is 13.9 Å². The molecule has 0 spiro atoms. The van der Waals surface area contributed by atoms with Crippen molar-refractivity contribution in [1.82, 2.24) is 14.6 Å². The predicted molar refractivity (Wildman–Crippen MR) is 118 cm³/mol. The molecule has 7 heteroatoms. The molecule has 0 atom stereocenters. The van der Waals surface area contributed by atoms with Crippen LogP contribution in [0.2, 0.25) is 0 Å². The second-order valence-electron chi connectivity index (χ2n) is 7.44. The van der Waals surface area contributed by atoms with Gasteiger partial charge in [0.1, 0.15) is 11.6 Å². The van der Waals surface area contributed by atoms with Gasteiger partial charge in [-0.3, -0.25) is 4.79 Å². The van der Waals surface area contributed by atoms with Crippen LogP contribution in [0.25, 0.3) is 16.9 Å². The normalized spacial score (nSPS) is 11.0. The average molecular weight is 418 g/mol. The number of likely N-dealkylation sites (N-methyl/N-ethyl adjacent to an activating group) is 1. The number of halogens is 1. The third-order valence-electron chi connectivity index (χ3n) is 5.25. The minimum absolute atomic E-state index is 0.0772. The lowest BCUT2D eigenvalue weighted by atomic mass is 10.0. The van der Waals surface area contributed by atoms with Gasteiger partial charge in [-0.05, 0) is 62.4 Å². The summed E-state index contributed by atoms with van der Waals surface area (Å²) in [5, 5.41) is 4.76. The van der Waals surface area contributed by atoms with Crippen molar-refractivity contribution < 1.29 is 13.9 Å². The van der Waals surface area contributed by atoms with Gasteiger partial charge in [-0.1, -0.05) is 6.07 Å². The van der Waals surface area contributed by atoms with Gasteiger partial charge < -0.3 is 9.64 Å².